The molecule has 0 radical (unpaired) electrons. The van der Waals surface area contributed by atoms with Gasteiger partial charge in [0.05, 0.1) is 0 Å². The van der Waals surface area contributed by atoms with Crippen molar-refractivity contribution in [3.8, 4) is 0 Å². The van der Waals surface area contributed by atoms with Gasteiger partial charge in [-0.2, -0.15) is 0 Å². The Morgan fingerprint density at radius 2 is 1.86 bits per heavy atom. The molecule has 0 saturated heterocycles. The van der Waals surface area contributed by atoms with Gasteiger partial charge in [0, 0.05) is 16.3 Å². The van der Waals surface area contributed by atoms with E-state index in [0.29, 0.717) is 4.90 Å². The molecule has 112 valence electrons. The first kappa shape index (κ1) is 16.0. The summed E-state index contributed by atoms with van der Waals surface area (Å²) in [7, 11) is 0. The van der Waals surface area contributed by atoms with E-state index in [1.54, 1.807) is 6.07 Å². The second kappa shape index (κ2) is 7.57. The van der Waals surface area contributed by atoms with Gasteiger partial charge in [0.25, 0.3) is 0 Å². The molecule has 1 nitrogen and oxygen atoms in total. The molecule has 0 bridgehead atoms. The van der Waals surface area contributed by atoms with Crippen LogP contribution in [0.1, 0.15) is 24.5 Å². The summed E-state index contributed by atoms with van der Waals surface area (Å²) in [5.41, 5.74) is 2.37. The quantitative estimate of drug-likeness (QED) is 0.760. The summed E-state index contributed by atoms with van der Waals surface area (Å²) in [6.45, 7) is 6.03. The van der Waals surface area contributed by atoms with Gasteiger partial charge in [-0.05, 0) is 55.3 Å². The lowest BCUT2D eigenvalue weighted by atomic mass is 10.1. The van der Waals surface area contributed by atoms with E-state index in [4.69, 9.17) is 0 Å². The molecule has 0 aliphatic carbocycles. The summed E-state index contributed by atoms with van der Waals surface area (Å²) in [5.74, 6) is -1.62. The Kier molecular flexibility index (Phi) is 5.76. The molecule has 0 atom stereocenters. The van der Waals surface area contributed by atoms with E-state index in [1.807, 2.05) is 13.0 Å². The second-order valence-corrected chi connectivity index (χ2v) is 6.07. The molecule has 0 unspecified atom stereocenters. The summed E-state index contributed by atoms with van der Waals surface area (Å²) in [6.07, 6.45) is 1.11. The third-order valence-corrected chi connectivity index (χ3v) is 4.28. The first-order chi connectivity index (χ1) is 10.1. The lowest BCUT2D eigenvalue weighted by Crippen LogP contribution is -2.13. The van der Waals surface area contributed by atoms with Gasteiger partial charge in [-0.3, -0.25) is 0 Å². The molecule has 0 aliphatic heterocycles. The maximum atomic E-state index is 13.2. The van der Waals surface area contributed by atoms with Crippen LogP contribution < -0.4 is 5.32 Å². The van der Waals surface area contributed by atoms with E-state index in [2.05, 4.69) is 24.4 Å². The SMILES string of the molecule is CCCNCc1ccc(Sc2ccc(F)c(F)c2)c(C)c1. The van der Waals surface area contributed by atoms with Crippen molar-refractivity contribution < 1.29 is 8.78 Å². The molecule has 0 aromatic heterocycles. The third kappa shape index (κ3) is 4.55. The molecule has 0 saturated carbocycles. The lowest BCUT2D eigenvalue weighted by molar-refractivity contribution is 0.506. The maximum absolute atomic E-state index is 13.2. The molecule has 0 spiro atoms. The van der Waals surface area contributed by atoms with Gasteiger partial charge in [0.2, 0.25) is 0 Å². The number of nitrogens with one attached hydrogen (secondary N) is 1. The molecule has 0 amide bonds. The molecular formula is C17H19F2NS. The van der Waals surface area contributed by atoms with Crippen molar-refractivity contribution in [1.82, 2.24) is 5.32 Å². The van der Waals surface area contributed by atoms with Gasteiger partial charge in [0.15, 0.2) is 11.6 Å². The van der Waals surface area contributed by atoms with Crippen LogP contribution in [0, 0.1) is 18.6 Å². The highest BCUT2D eigenvalue weighted by Crippen LogP contribution is 2.31. The van der Waals surface area contributed by atoms with Gasteiger partial charge < -0.3 is 5.32 Å². The van der Waals surface area contributed by atoms with Crippen LogP contribution in [0.25, 0.3) is 0 Å². The normalized spacial score (nSPS) is 10.9. The van der Waals surface area contributed by atoms with E-state index in [0.717, 1.165) is 36.0 Å². The largest absolute Gasteiger partial charge is 0.313 e. The summed E-state index contributed by atoms with van der Waals surface area (Å²) in [5, 5.41) is 3.36. The number of hydrogen-bond acceptors (Lipinski definition) is 2. The Bertz CT molecular complexity index is 614. The van der Waals surface area contributed by atoms with Crippen molar-refractivity contribution in [3.63, 3.8) is 0 Å². The van der Waals surface area contributed by atoms with Crippen molar-refractivity contribution in [2.45, 2.75) is 36.6 Å². The van der Waals surface area contributed by atoms with Gasteiger partial charge in [-0.15, -0.1) is 0 Å². The lowest BCUT2D eigenvalue weighted by Gasteiger charge is -2.09. The summed E-state index contributed by atoms with van der Waals surface area (Å²) in [4.78, 5) is 1.76. The van der Waals surface area contributed by atoms with Crippen LogP contribution in [0.4, 0.5) is 8.78 Å². The highest BCUT2D eigenvalue weighted by atomic mass is 32.2. The third-order valence-electron chi connectivity index (χ3n) is 3.11. The van der Waals surface area contributed by atoms with Crippen molar-refractivity contribution in [2.24, 2.45) is 0 Å². The minimum atomic E-state index is -0.812. The topological polar surface area (TPSA) is 12.0 Å². The van der Waals surface area contributed by atoms with E-state index in [-0.39, 0.29) is 0 Å². The van der Waals surface area contributed by atoms with Gasteiger partial charge in [-0.1, -0.05) is 30.8 Å². The minimum absolute atomic E-state index is 0.703. The van der Waals surface area contributed by atoms with E-state index in [9.17, 15) is 8.78 Å². The average molecular weight is 307 g/mol. The van der Waals surface area contributed by atoms with Crippen LogP contribution in [0.2, 0.25) is 0 Å². The zero-order valence-electron chi connectivity index (χ0n) is 12.2. The van der Waals surface area contributed by atoms with Crippen molar-refractivity contribution in [3.05, 3.63) is 59.2 Å². The summed E-state index contributed by atoms with van der Waals surface area (Å²) in [6, 6.07) is 10.2. The first-order valence-electron chi connectivity index (χ1n) is 7.03. The molecular weight excluding hydrogens is 288 g/mol. The molecule has 0 fully saturated rings. The fraction of sp³-hybridized carbons (Fsp3) is 0.294. The zero-order valence-corrected chi connectivity index (χ0v) is 13.1. The number of rotatable bonds is 6. The average Bonchev–Trinajstić information content (AvgIpc) is 2.46. The molecule has 21 heavy (non-hydrogen) atoms. The molecule has 2 rings (SSSR count). The van der Waals surface area contributed by atoms with Crippen LogP contribution in [-0.2, 0) is 6.54 Å². The molecule has 2 aromatic carbocycles. The van der Waals surface area contributed by atoms with Crippen LogP contribution in [-0.4, -0.2) is 6.54 Å². The molecule has 4 heteroatoms. The monoisotopic (exact) mass is 307 g/mol. The van der Waals surface area contributed by atoms with Gasteiger partial charge in [-0.25, -0.2) is 8.78 Å². The Hall–Kier alpha value is -1.39. The maximum Gasteiger partial charge on any atom is 0.159 e. The van der Waals surface area contributed by atoms with Crippen molar-refractivity contribution in [2.75, 3.05) is 6.54 Å². The van der Waals surface area contributed by atoms with E-state index in [1.165, 1.54) is 23.4 Å². The fourth-order valence-electron chi connectivity index (χ4n) is 2.01. The predicted octanol–water partition coefficient (Wildman–Crippen LogP) is 4.92. The first-order valence-corrected chi connectivity index (χ1v) is 7.85. The summed E-state index contributed by atoms with van der Waals surface area (Å²) < 4.78 is 26.1. The highest BCUT2D eigenvalue weighted by molar-refractivity contribution is 7.99. The van der Waals surface area contributed by atoms with Crippen molar-refractivity contribution in [1.29, 1.82) is 0 Å². The van der Waals surface area contributed by atoms with Crippen LogP contribution in [0.15, 0.2) is 46.2 Å². The minimum Gasteiger partial charge on any atom is -0.313 e. The Morgan fingerprint density at radius 3 is 2.52 bits per heavy atom. The summed E-state index contributed by atoms with van der Waals surface area (Å²) >= 11 is 1.45. The van der Waals surface area contributed by atoms with Gasteiger partial charge >= 0.3 is 0 Å². The number of halogens is 2. The molecule has 1 N–H and O–H groups in total. The smallest absolute Gasteiger partial charge is 0.159 e. The fourth-order valence-corrected chi connectivity index (χ4v) is 2.92. The number of aryl methyl sites for hydroxylation is 1. The molecule has 0 aliphatic rings. The van der Waals surface area contributed by atoms with Crippen molar-refractivity contribution >= 4 is 11.8 Å². The highest BCUT2D eigenvalue weighted by Gasteiger charge is 2.06. The Morgan fingerprint density at radius 1 is 1.05 bits per heavy atom. The predicted molar refractivity (Wildman–Crippen MR) is 83.7 cm³/mol. The van der Waals surface area contributed by atoms with E-state index < -0.39 is 11.6 Å². The van der Waals surface area contributed by atoms with Crippen LogP contribution in [0.5, 0.6) is 0 Å². The van der Waals surface area contributed by atoms with E-state index >= 15 is 0 Å². The van der Waals surface area contributed by atoms with Gasteiger partial charge in [0.1, 0.15) is 0 Å². The Balaban J connectivity index is 2.08. The van der Waals surface area contributed by atoms with Crippen LogP contribution in [0.3, 0.4) is 0 Å². The molecule has 2 aromatic rings. The second-order valence-electron chi connectivity index (χ2n) is 4.95. The number of benzene rings is 2. The number of hydrogen-bond donors (Lipinski definition) is 1. The van der Waals surface area contributed by atoms with Crippen LogP contribution >= 0.6 is 11.8 Å². The standard InChI is InChI=1S/C17H19F2NS/c1-3-8-20-11-13-4-7-17(12(2)9-13)21-14-5-6-15(18)16(19)10-14/h4-7,9-10,20H,3,8,11H2,1-2H3. The zero-order chi connectivity index (χ0) is 15.2. The Labute approximate surface area is 128 Å². The molecule has 0 heterocycles.